The molecule has 5 nitrogen and oxygen atoms in total. The molecule has 4 aliphatic carbocycles. The Morgan fingerprint density at radius 2 is 1.84 bits per heavy atom. The Kier molecular flexibility index (Phi) is 4.69. The summed E-state index contributed by atoms with van der Waals surface area (Å²) in [7, 11) is 0. The number of ether oxygens (including phenoxy) is 2. The monoisotopic (exact) mass is 444 g/mol. The first-order valence-corrected chi connectivity index (χ1v) is 13.0. The van der Waals surface area contributed by atoms with Crippen LogP contribution in [0.2, 0.25) is 0 Å². The van der Waals surface area contributed by atoms with Crippen LogP contribution in [0.1, 0.15) is 72.6 Å². The van der Waals surface area contributed by atoms with Gasteiger partial charge >= 0.3 is 0 Å². The number of hydrogen-bond acceptors (Lipinski definition) is 5. The molecule has 0 aromatic carbocycles. The van der Waals surface area contributed by atoms with Crippen molar-refractivity contribution in [1.29, 1.82) is 0 Å². The number of fused-ring (bicyclic) bond motifs is 7. The average Bonchev–Trinajstić information content (AvgIpc) is 3.19. The predicted molar refractivity (Wildman–Crippen MR) is 119 cm³/mol. The van der Waals surface area contributed by atoms with Gasteiger partial charge in [0.1, 0.15) is 0 Å². The van der Waals surface area contributed by atoms with Crippen LogP contribution in [-0.2, 0) is 14.3 Å². The summed E-state index contributed by atoms with van der Waals surface area (Å²) >= 11 is 0. The van der Waals surface area contributed by atoms with Crippen molar-refractivity contribution in [3.8, 4) is 0 Å². The van der Waals surface area contributed by atoms with E-state index in [1.807, 2.05) is 6.08 Å². The van der Waals surface area contributed by atoms with Crippen LogP contribution in [0.25, 0.3) is 0 Å². The van der Waals surface area contributed by atoms with E-state index in [4.69, 9.17) is 9.47 Å². The van der Waals surface area contributed by atoms with E-state index in [9.17, 15) is 15.0 Å². The molecule has 178 valence electrons. The summed E-state index contributed by atoms with van der Waals surface area (Å²) in [6.07, 6.45) is 7.09. The molecule has 12 atom stereocenters. The smallest absolute Gasteiger partial charge is 0.171 e. The third kappa shape index (κ3) is 2.63. The van der Waals surface area contributed by atoms with Crippen molar-refractivity contribution in [2.24, 2.45) is 46.3 Å². The Balaban J connectivity index is 1.35. The molecule has 2 N–H and O–H groups in total. The zero-order valence-corrected chi connectivity index (χ0v) is 20.0. The fourth-order valence-corrected chi connectivity index (χ4v) is 9.32. The topological polar surface area (TPSA) is 76.0 Å². The molecule has 2 heterocycles. The Hall–Kier alpha value is -0.750. The fraction of sp³-hybridized carbons (Fsp3) is 0.889. The molecule has 0 bridgehead atoms. The maximum Gasteiger partial charge on any atom is 0.171 e. The van der Waals surface area contributed by atoms with Gasteiger partial charge in [-0.25, -0.2) is 0 Å². The van der Waals surface area contributed by atoms with E-state index in [2.05, 4.69) is 27.7 Å². The molecule has 0 aromatic rings. The normalized spacial score (nSPS) is 59.2. The summed E-state index contributed by atoms with van der Waals surface area (Å²) in [5.41, 5.74) is 0.675. The highest BCUT2D eigenvalue weighted by atomic mass is 16.7. The Morgan fingerprint density at radius 3 is 2.56 bits per heavy atom. The lowest BCUT2D eigenvalue weighted by atomic mass is 9.47. The van der Waals surface area contributed by atoms with Gasteiger partial charge < -0.3 is 19.7 Å². The number of ketones is 1. The van der Waals surface area contributed by atoms with E-state index in [1.54, 1.807) is 0 Å². The Labute approximate surface area is 191 Å². The minimum atomic E-state index is -0.698. The van der Waals surface area contributed by atoms with Crippen LogP contribution in [0.5, 0.6) is 0 Å². The van der Waals surface area contributed by atoms with Gasteiger partial charge in [0.25, 0.3) is 0 Å². The third-order valence-corrected chi connectivity index (χ3v) is 11.2. The van der Waals surface area contributed by atoms with Crippen LogP contribution in [-0.4, -0.2) is 46.7 Å². The molecule has 6 aliphatic rings. The fourth-order valence-electron chi connectivity index (χ4n) is 9.32. The van der Waals surface area contributed by atoms with Crippen LogP contribution in [0.3, 0.4) is 0 Å². The van der Waals surface area contributed by atoms with Crippen LogP contribution in [0.4, 0.5) is 0 Å². The Morgan fingerprint density at radius 1 is 1.06 bits per heavy atom. The van der Waals surface area contributed by atoms with E-state index in [-0.39, 0.29) is 29.1 Å². The van der Waals surface area contributed by atoms with E-state index in [1.165, 1.54) is 5.57 Å². The van der Waals surface area contributed by atoms with E-state index < -0.39 is 23.4 Å². The highest BCUT2D eigenvalue weighted by Crippen LogP contribution is 2.69. The molecular weight excluding hydrogens is 404 g/mol. The number of allylic oxidation sites excluding steroid dienone is 2. The van der Waals surface area contributed by atoms with Gasteiger partial charge in [-0.2, -0.15) is 0 Å². The number of carbonyl (C=O) groups excluding carboxylic acids is 1. The maximum absolute atomic E-state index is 13.9. The third-order valence-electron chi connectivity index (χ3n) is 11.2. The summed E-state index contributed by atoms with van der Waals surface area (Å²) in [5, 5.41) is 20.8. The first-order chi connectivity index (χ1) is 15.1. The molecule has 2 aliphatic heterocycles. The van der Waals surface area contributed by atoms with Crippen molar-refractivity contribution in [1.82, 2.24) is 0 Å². The van der Waals surface area contributed by atoms with Crippen LogP contribution < -0.4 is 0 Å². The van der Waals surface area contributed by atoms with E-state index in [0.717, 1.165) is 38.7 Å². The molecule has 5 unspecified atom stereocenters. The highest BCUT2D eigenvalue weighted by molar-refractivity contribution is 5.97. The molecular formula is C27H40O5. The second kappa shape index (κ2) is 6.90. The lowest BCUT2D eigenvalue weighted by Gasteiger charge is -2.57. The van der Waals surface area contributed by atoms with Gasteiger partial charge in [-0.1, -0.05) is 33.3 Å². The molecule has 0 radical (unpaired) electrons. The molecule has 5 fully saturated rings. The molecule has 32 heavy (non-hydrogen) atoms. The SMILES string of the molecule is CC1C2C(CC3C4CC[C@H]5C[C@@H](O)[C@H](O)C[C@]5(C)C4=CC(=O)[C@@]32C)O[C@]12CC[C@@H](C)CO2. The van der Waals surface area contributed by atoms with Crippen molar-refractivity contribution < 1.29 is 24.5 Å². The summed E-state index contributed by atoms with van der Waals surface area (Å²) in [6, 6.07) is 0. The first kappa shape index (κ1) is 21.8. The maximum atomic E-state index is 13.9. The van der Waals surface area contributed by atoms with E-state index in [0.29, 0.717) is 36.5 Å². The quantitative estimate of drug-likeness (QED) is 0.593. The van der Waals surface area contributed by atoms with Gasteiger partial charge in [0.05, 0.1) is 24.9 Å². The lowest BCUT2D eigenvalue weighted by Crippen LogP contribution is -2.55. The molecule has 3 saturated carbocycles. The first-order valence-electron chi connectivity index (χ1n) is 13.0. The molecule has 6 rings (SSSR count). The molecule has 2 saturated heterocycles. The van der Waals surface area contributed by atoms with Gasteiger partial charge in [-0.15, -0.1) is 0 Å². The minimum absolute atomic E-state index is 0.0920. The molecule has 0 amide bonds. The number of carbonyl (C=O) groups is 1. The van der Waals surface area contributed by atoms with Crippen molar-refractivity contribution in [2.45, 2.75) is 96.7 Å². The number of rotatable bonds is 0. The minimum Gasteiger partial charge on any atom is -0.390 e. The van der Waals surface area contributed by atoms with Crippen molar-refractivity contribution in [3.63, 3.8) is 0 Å². The zero-order valence-electron chi connectivity index (χ0n) is 20.0. The summed E-state index contributed by atoms with van der Waals surface area (Å²) in [6.45, 7) is 9.70. The van der Waals surface area contributed by atoms with Gasteiger partial charge in [0, 0.05) is 23.7 Å². The van der Waals surface area contributed by atoms with Crippen molar-refractivity contribution in [3.05, 3.63) is 11.6 Å². The second-order valence-corrected chi connectivity index (χ2v) is 12.7. The number of aliphatic hydroxyl groups excluding tert-OH is 2. The van der Waals surface area contributed by atoms with Gasteiger partial charge in [-0.3, -0.25) is 4.79 Å². The summed E-state index contributed by atoms with van der Waals surface area (Å²) in [5.74, 6) is 1.77. The number of aliphatic hydroxyl groups is 2. The number of hydrogen-bond donors (Lipinski definition) is 2. The Bertz CT molecular complexity index is 843. The van der Waals surface area contributed by atoms with Crippen molar-refractivity contribution >= 4 is 5.78 Å². The molecule has 1 spiro atoms. The molecule has 5 heteroatoms. The standard InChI is InChI=1S/C27H40O5/c1-14-7-8-27(31-13-14)15(2)24-22(32-27)10-19-17-6-5-16-9-20(28)21(29)12-25(16,3)18(17)11-23(30)26(19,24)4/h11,14-17,19-22,24,28-29H,5-10,12-13H2,1-4H3/t14-,15?,16+,17?,19?,20-,21-,22?,24?,25+,26-,27-/m1/s1. The van der Waals surface area contributed by atoms with E-state index >= 15 is 0 Å². The molecule has 0 aromatic heterocycles. The summed E-state index contributed by atoms with van der Waals surface area (Å²) < 4.78 is 13.1. The largest absolute Gasteiger partial charge is 0.390 e. The van der Waals surface area contributed by atoms with Crippen LogP contribution in [0.15, 0.2) is 11.6 Å². The zero-order chi connectivity index (χ0) is 22.6. The summed E-state index contributed by atoms with van der Waals surface area (Å²) in [4.78, 5) is 13.9. The van der Waals surface area contributed by atoms with Gasteiger partial charge in [0.15, 0.2) is 11.6 Å². The predicted octanol–water partition coefficient (Wildman–Crippen LogP) is 3.86. The second-order valence-electron chi connectivity index (χ2n) is 12.7. The van der Waals surface area contributed by atoms with Gasteiger partial charge in [-0.05, 0) is 73.7 Å². The van der Waals surface area contributed by atoms with Crippen molar-refractivity contribution in [2.75, 3.05) is 6.61 Å². The van der Waals surface area contributed by atoms with Gasteiger partial charge in [0.2, 0.25) is 0 Å². The highest BCUT2D eigenvalue weighted by Gasteiger charge is 2.70. The lowest BCUT2D eigenvalue weighted by molar-refractivity contribution is -0.271. The average molecular weight is 445 g/mol. The van der Waals surface area contributed by atoms with Crippen LogP contribution in [0, 0.1) is 46.3 Å². The van der Waals surface area contributed by atoms with Crippen LogP contribution >= 0.6 is 0 Å².